The van der Waals surface area contributed by atoms with Gasteiger partial charge in [0.25, 0.3) is 10.1 Å². The van der Waals surface area contributed by atoms with Gasteiger partial charge < -0.3 is 9.47 Å². The number of aryl methyl sites for hydroxylation is 1. The molecule has 0 radical (unpaired) electrons. The highest BCUT2D eigenvalue weighted by atomic mass is 32.2. The summed E-state index contributed by atoms with van der Waals surface area (Å²) in [5.41, 5.74) is 0.919. The molecule has 0 aliphatic carbocycles. The number of alkyl halides is 2. The minimum Gasteiger partial charge on any atom is -0.372 e. The van der Waals surface area contributed by atoms with Crippen LogP contribution in [0.1, 0.15) is 5.56 Å². The third-order valence-electron chi connectivity index (χ3n) is 3.93. The van der Waals surface area contributed by atoms with E-state index >= 15 is 0 Å². The number of hydrogen-bond acceptors (Lipinski definition) is 5. The van der Waals surface area contributed by atoms with Gasteiger partial charge >= 0.3 is 0 Å². The molecular weight excluding hydrogens is 318 g/mol. The van der Waals surface area contributed by atoms with Gasteiger partial charge in [0.15, 0.2) is 0 Å². The first kappa shape index (κ1) is 15.8. The molecule has 8 heteroatoms. The van der Waals surface area contributed by atoms with E-state index in [1.807, 2.05) is 6.92 Å². The molecule has 22 heavy (non-hydrogen) atoms. The average Bonchev–Trinajstić information content (AvgIpc) is 3.02. The Bertz CT molecular complexity index is 631. The van der Waals surface area contributed by atoms with Crippen molar-refractivity contribution in [1.82, 2.24) is 0 Å². The van der Waals surface area contributed by atoms with Gasteiger partial charge in [0.05, 0.1) is 30.1 Å². The first-order chi connectivity index (χ1) is 10.4. The first-order valence-electron chi connectivity index (χ1n) is 6.90. The van der Waals surface area contributed by atoms with Gasteiger partial charge in [-0.3, -0.25) is 4.18 Å². The maximum Gasteiger partial charge on any atom is 0.297 e. The van der Waals surface area contributed by atoms with Crippen molar-refractivity contribution >= 4 is 10.1 Å². The van der Waals surface area contributed by atoms with Crippen molar-refractivity contribution in [3.63, 3.8) is 0 Å². The van der Waals surface area contributed by atoms with Crippen LogP contribution in [0.25, 0.3) is 0 Å². The van der Waals surface area contributed by atoms with Crippen LogP contribution in [0.3, 0.4) is 0 Å². The van der Waals surface area contributed by atoms with Crippen LogP contribution in [0.15, 0.2) is 29.2 Å². The molecule has 0 N–H and O–H groups in total. The highest BCUT2D eigenvalue weighted by Crippen LogP contribution is 2.36. The van der Waals surface area contributed by atoms with Crippen molar-refractivity contribution < 1.29 is 30.9 Å². The quantitative estimate of drug-likeness (QED) is 0.785. The molecule has 0 spiro atoms. The van der Waals surface area contributed by atoms with E-state index in [1.54, 1.807) is 12.1 Å². The second-order valence-corrected chi connectivity index (χ2v) is 7.07. The average molecular weight is 334 g/mol. The van der Waals surface area contributed by atoms with Crippen LogP contribution in [0.4, 0.5) is 8.78 Å². The fourth-order valence-electron chi connectivity index (χ4n) is 2.72. The Kier molecular flexibility index (Phi) is 4.19. The number of hydrogen-bond donors (Lipinski definition) is 0. The summed E-state index contributed by atoms with van der Waals surface area (Å²) >= 11 is 0. The Hall–Kier alpha value is -1.09. The van der Waals surface area contributed by atoms with Crippen LogP contribution in [-0.2, 0) is 23.8 Å². The van der Waals surface area contributed by atoms with E-state index in [1.165, 1.54) is 12.1 Å². The van der Waals surface area contributed by atoms with E-state index in [2.05, 4.69) is 0 Å². The second kappa shape index (κ2) is 5.84. The lowest BCUT2D eigenvalue weighted by Crippen LogP contribution is -2.34. The van der Waals surface area contributed by atoms with Crippen molar-refractivity contribution in [2.45, 2.75) is 36.6 Å². The van der Waals surface area contributed by atoms with Gasteiger partial charge in [0, 0.05) is 0 Å². The van der Waals surface area contributed by atoms with Crippen LogP contribution in [0.5, 0.6) is 0 Å². The third-order valence-corrected chi connectivity index (χ3v) is 5.28. The molecule has 2 heterocycles. The van der Waals surface area contributed by atoms with Crippen LogP contribution in [0, 0.1) is 12.8 Å². The number of fused-ring (bicyclic) bond motifs is 1. The van der Waals surface area contributed by atoms with Crippen LogP contribution < -0.4 is 0 Å². The maximum absolute atomic E-state index is 12.8. The van der Waals surface area contributed by atoms with Gasteiger partial charge in [-0.25, -0.2) is 8.78 Å². The van der Waals surface area contributed by atoms with E-state index in [0.29, 0.717) is 0 Å². The van der Waals surface area contributed by atoms with Gasteiger partial charge in [-0.15, -0.1) is 0 Å². The van der Waals surface area contributed by atoms with Crippen molar-refractivity contribution in [2.75, 3.05) is 13.2 Å². The molecule has 0 amide bonds. The standard InChI is InChI=1S/C14H16F2O5S/c1-8-2-4-9(5-3-8)22(17,18)21-11-7-20-12-10(14(15)16)6-19-13(11)12/h2-5,10-14H,6-7H2,1H3. The topological polar surface area (TPSA) is 61.8 Å². The number of benzene rings is 1. The van der Waals surface area contributed by atoms with Crippen molar-refractivity contribution in [3.05, 3.63) is 29.8 Å². The van der Waals surface area contributed by atoms with Crippen molar-refractivity contribution in [2.24, 2.45) is 5.92 Å². The Labute approximate surface area is 127 Å². The van der Waals surface area contributed by atoms with Crippen LogP contribution >= 0.6 is 0 Å². The molecule has 2 aliphatic rings. The van der Waals surface area contributed by atoms with Gasteiger partial charge in [-0.05, 0) is 19.1 Å². The van der Waals surface area contributed by atoms with Crippen molar-refractivity contribution in [3.8, 4) is 0 Å². The molecule has 122 valence electrons. The molecule has 2 fully saturated rings. The van der Waals surface area contributed by atoms with Crippen LogP contribution in [0.2, 0.25) is 0 Å². The molecule has 0 saturated carbocycles. The Morgan fingerprint density at radius 2 is 1.77 bits per heavy atom. The molecule has 1 aromatic carbocycles. The molecule has 4 atom stereocenters. The minimum absolute atomic E-state index is 0.0185. The lowest BCUT2D eigenvalue weighted by atomic mass is 10.0. The molecule has 3 rings (SSSR count). The zero-order valence-corrected chi connectivity index (χ0v) is 12.6. The summed E-state index contributed by atoms with van der Waals surface area (Å²) in [5.74, 6) is -1.04. The molecule has 2 saturated heterocycles. The molecule has 5 nitrogen and oxygen atoms in total. The molecule has 2 aliphatic heterocycles. The summed E-state index contributed by atoms with van der Waals surface area (Å²) < 4.78 is 65.8. The Morgan fingerprint density at radius 1 is 1.14 bits per heavy atom. The SMILES string of the molecule is Cc1ccc(S(=O)(=O)OC2COC3C(C(F)F)COC23)cc1. The van der Waals surface area contributed by atoms with Crippen LogP contribution in [-0.4, -0.2) is 46.4 Å². The van der Waals surface area contributed by atoms with E-state index < -0.39 is 40.8 Å². The summed E-state index contributed by atoms with van der Waals surface area (Å²) in [5, 5.41) is 0. The summed E-state index contributed by atoms with van der Waals surface area (Å²) in [4.78, 5) is 0.0185. The van der Waals surface area contributed by atoms with Gasteiger partial charge in [-0.1, -0.05) is 17.7 Å². The maximum atomic E-state index is 12.8. The van der Waals surface area contributed by atoms with E-state index in [0.717, 1.165) is 5.56 Å². The normalized spacial score (nSPS) is 31.6. The van der Waals surface area contributed by atoms with Gasteiger partial charge in [0.1, 0.15) is 12.2 Å². The first-order valence-corrected chi connectivity index (χ1v) is 8.30. The van der Waals surface area contributed by atoms with Crippen molar-refractivity contribution in [1.29, 1.82) is 0 Å². The van der Waals surface area contributed by atoms with Gasteiger partial charge in [0.2, 0.25) is 6.43 Å². The summed E-state index contributed by atoms with van der Waals surface area (Å²) in [6, 6.07) is 6.19. The second-order valence-electron chi connectivity index (χ2n) is 5.50. The molecular formula is C14H16F2O5S. The number of rotatable bonds is 4. The Morgan fingerprint density at radius 3 is 2.41 bits per heavy atom. The fraction of sp³-hybridized carbons (Fsp3) is 0.571. The number of ether oxygens (including phenoxy) is 2. The predicted octanol–water partition coefficient (Wildman–Crippen LogP) is 1.75. The molecule has 1 aromatic rings. The summed E-state index contributed by atoms with van der Waals surface area (Å²) in [6.45, 7) is 1.60. The summed E-state index contributed by atoms with van der Waals surface area (Å²) in [6.07, 6.45) is -5.07. The minimum atomic E-state index is -3.98. The zero-order chi connectivity index (χ0) is 15.9. The monoisotopic (exact) mass is 334 g/mol. The van der Waals surface area contributed by atoms with E-state index in [-0.39, 0.29) is 18.1 Å². The van der Waals surface area contributed by atoms with Gasteiger partial charge in [-0.2, -0.15) is 8.42 Å². The van der Waals surface area contributed by atoms with E-state index in [9.17, 15) is 17.2 Å². The smallest absolute Gasteiger partial charge is 0.297 e. The molecule has 0 aromatic heterocycles. The highest BCUT2D eigenvalue weighted by Gasteiger charge is 2.52. The molecule has 0 bridgehead atoms. The van der Waals surface area contributed by atoms with E-state index in [4.69, 9.17) is 13.7 Å². The lowest BCUT2D eigenvalue weighted by molar-refractivity contribution is -0.0105. The third kappa shape index (κ3) is 2.88. The highest BCUT2D eigenvalue weighted by molar-refractivity contribution is 7.86. The molecule has 4 unspecified atom stereocenters. The summed E-state index contributed by atoms with van der Waals surface area (Å²) in [7, 11) is -3.98. The Balaban J connectivity index is 1.73. The number of halogens is 2. The fourth-order valence-corrected chi connectivity index (χ4v) is 3.79. The largest absolute Gasteiger partial charge is 0.372 e. The lowest BCUT2D eigenvalue weighted by Gasteiger charge is -2.16. The predicted molar refractivity (Wildman–Crippen MR) is 72.2 cm³/mol. The zero-order valence-electron chi connectivity index (χ0n) is 11.8.